The summed E-state index contributed by atoms with van der Waals surface area (Å²) in [4.78, 5) is 28.5. The number of allylic oxidation sites excluding steroid dienone is 7. The van der Waals surface area contributed by atoms with Crippen LogP contribution in [0.3, 0.4) is 0 Å². The van der Waals surface area contributed by atoms with Crippen LogP contribution < -0.4 is 10.5 Å². The van der Waals surface area contributed by atoms with Crippen LogP contribution in [-0.2, 0) is 4.79 Å². The minimum atomic E-state index is -0.552. The maximum atomic E-state index is 13.1. The van der Waals surface area contributed by atoms with Gasteiger partial charge in [0, 0.05) is 31.2 Å². The van der Waals surface area contributed by atoms with Crippen molar-refractivity contribution in [2.24, 2.45) is 5.73 Å². The van der Waals surface area contributed by atoms with E-state index in [1.807, 2.05) is 50.3 Å². The zero-order valence-electron chi connectivity index (χ0n) is 18.8. The fourth-order valence-corrected chi connectivity index (χ4v) is 3.78. The smallest absolute Gasteiger partial charge is 0.410 e. The summed E-state index contributed by atoms with van der Waals surface area (Å²) in [6.07, 6.45) is 9.43. The van der Waals surface area contributed by atoms with Gasteiger partial charge in [-0.2, -0.15) is 0 Å². The molecule has 3 rings (SSSR count). The van der Waals surface area contributed by atoms with Crippen molar-refractivity contribution in [2.45, 2.75) is 33.2 Å². The van der Waals surface area contributed by atoms with Crippen molar-refractivity contribution in [1.82, 2.24) is 9.80 Å². The van der Waals surface area contributed by atoms with E-state index in [4.69, 9.17) is 10.5 Å². The van der Waals surface area contributed by atoms with Gasteiger partial charge < -0.3 is 15.4 Å². The van der Waals surface area contributed by atoms with E-state index >= 15 is 0 Å². The highest BCUT2D eigenvalue weighted by Gasteiger charge is 2.36. The van der Waals surface area contributed by atoms with E-state index < -0.39 is 6.09 Å². The summed E-state index contributed by atoms with van der Waals surface area (Å²) in [6.45, 7) is 13.8. The molecule has 0 bridgehead atoms. The van der Waals surface area contributed by atoms with Gasteiger partial charge in [0.1, 0.15) is 5.75 Å². The van der Waals surface area contributed by atoms with Crippen molar-refractivity contribution in [2.75, 3.05) is 6.54 Å². The second-order valence-electron chi connectivity index (χ2n) is 7.96. The Morgan fingerprint density at radius 1 is 1.22 bits per heavy atom. The summed E-state index contributed by atoms with van der Waals surface area (Å²) in [5.74, 6) is 0.290. The van der Waals surface area contributed by atoms with Crippen LogP contribution in [0.15, 0.2) is 96.0 Å². The summed E-state index contributed by atoms with van der Waals surface area (Å²) in [6, 6.07) is 6.97. The molecule has 2 amide bonds. The number of piperazine rings is 1. The topological polar surface area (TPSA) is 75.9 Å². The van der Waals surface area contributed by atoms with Gasteiger partial charge in [-0.05, 0) is 37.6 Å². The highest BCUT2D eigenvalue weighted by atomic mass is 16.6. The third-order valence-corrected chi connectivity index (χ3v) is 5.40. The zero-order chi connectivity index (χ0) is 23.4. The van der Waals surface area contributed by atoms with Gasteiger partial charge in [-0.25, -0.2) is 4.79 Å². The molecule has 0 radical (unpaired) electrons. The predicted octanol–water partition coefficient (Wildman–Crippen LogP) is 4.73. The van der Waals surface area contributed by atoms with E-state index in [1.54, 1.807) is 23.1 Å². The first-order chi connectivity index (χ1) is 15.2. The van der Waals surface area contributed by atoms with E-state index in [9.17, 15) is 9.59 Å². The molecule has 1 fully saturated rings. The van der Waals surface area contributed by atoms with Crippen molar-refractivity contribution >= 4 is 12.0 Å². The number of nitrogens with zero attached hydrogens (tertiary/aromatic N) is 2. The third-order valence-electron chi connectivity index (χ3n) is 5.40. The number of ether oxygens (including phenoxy) is 1. The summed E-state index contributed by atoms with van der Waals surface area (Å²) in [7, 11) is 0. The Labute approximate surface area is 189 Å². The van der Waals surface area contributed by atoms with Gasteiger partial charge in [0.15, 0.2) is 0 Å². The van der Waals surface area contributed by atoms with Crippen LogP contribution in [0.1, 0.15) is 25.8 Å². The Balaban J connectivity index is 1.97. The lowest BCUT2D eigenvalue weighted by atomic mass is 10.0. The Bertz CT molecular complexity index is 1070. The SMILES string of the molecule is C=C(/C=C1\C(=C)N(C(C)=O)C(C)CN1C(=O)Oc1ccc(C)cc1)C1=C(N)CC=CC=C1. The molecule has 1 unspecified atom stereocenters. The molecule has 0 aromatic heterocycles. The van der Waals surface area contributed by atoms with E-state index in [-0.39, 0.29) is 18.5 Å². The van der Waals surface area contributed by atoms with E-state index in [2.05, 4.69) is 13.2 Å². The highest BCUT2D eigenvalue weighted by Crippen LogP contribution is 2.31. The second-order valence-corrected chi connectivity index (χ2v) is 7.96. The Hall–Kier alpha value is -3.80. The van der Waals surface area contributed by atoms with Crippen molar-refractivity contribution < 1.29 is 14.3 Å². The maximum absolute atomic E-state index is 13.1. The van der Waals surface area contributed by atoms with Crippen LogP contribution in [0.5, 0.6) is 5.75 Å². The molecule has 1 aliphatic heterocycles. The standard InChI is InChI=1S/C26H29N3O3/c1-17-11-13-22(14-12-17)32-26(31)28-16-19(3)29(21(5)30)20(4)25(28)15-18(2)23-9-7-6-8-10-24(23)27/h6-9,11-15,19H,2,4,10,16,27H2,1,3,5H3/b25-15+. The Morgan fingerprint density at radius 3 is 2.56 bits per heavy atom. The third kappa shape index (κ3) is 4.91. The summed E-state index contributed by atoms with van der Waals surface area (Å²) >= 11 is 0. The minimum absolute atomic E-state index is 0.150. The summed E-state index contributed by atoms with van der Waals surface area (Å²) in [5, 5.41) is 0. The summed E-state index contributed by atoms with van der Waals surface area (Å²) in [5.41, 5.74) is 10.2. The number of hydrogen-bond donors (Lipinski definition) is 1. The first kappa shape index (κ1) is 22.9. The number of rotatable bonds is 3. The number of benzene rings is 1. The summed E-state index contributed by atoms with van der Waals surface area (Å²) < 4.78 is 5.61. The number of nitrogens with two attached hydrogens (primary N) is 1. The lowest BCUT2D eigenvalue weighted by Crippen LogP contribution is -2.52. The number of carbonyl (C=O) groups excluding carboxylic acids is 2. The Morgan fingerprint density at radius 2 is 1.91 bits per heavy atom. The zero-order valence-corrected chi connectivity index (χ0v) is 18.8. The van der Waals surface area contributed by atoms with Gasteiger partial charge >= 0.3 is 6.09 Å². The molecule has 1 aromatic rings. The fraction of sp³-hybridized carbons (Fsp3) is 0.231. The van der Waals surface area contributed by atoms with Crippen LogP contribution in [0, 0.1) is 6.92 Å². The molecule has 1 atom stereocenters. The van der Waals surface area contributed by atoms with Gasteiger partial charge in [0.2, 0.25) is 5.91 Å². The molecule has 0 spiro atoms. The molecule has 6 heteroatoms. The number of hydrogen-bond acceptors (Lipinski definition) is 4. The van der Waals surface area contributed by atoms with Crippen LogP contribution in [0.2, 0.25) is 0 Å². The van der Waals surface area contributed by atoms with Gasteiger partial charge in [-0.3, -0.25) is 9.69 Å². The van der Waals surface area contributed by atoms with Crippen molar-refractivity contribution in [1.29, 1.82) is 0 Å². The van der Waals surface area contributed by atoms with Crippen LogP contribution in [-0.4, -0.2) is 34.4 Å². The van der Waals surface area contributed by atoms with Crippen molar-refractivity contribution in [3.63, 3.8) is 0 Å². The molecule has 1 saturated heterocycles. The molecule has 32 heavy (non-hydrogen) atoms. The molecule has 2 aliphatic rings. The van der Waals surface area contributed by atoms with Crippen LogP contribution >= 0.6 is 0 Å². The molecule has 1 aliphatic carbocycles. The number of carbonyl (C=O) groups is 2. The Kier molecular flexibility index (Phi) is 6.83. The normalized spacial score (nSPS) is 19.9. The molecule has 0 saturated carbocycles. The van der Waals surface area contributed by atoms with E-state index in [0.717, 1.165) is 11.1 Å². The van der Waals surface area contributed by atoms with Crippen LogP contribution in [0.25, 0.3) is 0 Å². The molecule has 1 heterocycles. The predicted molar refractivity (Wildman–Crippen MR) is 126 cm³/mol. The second kappa shape index (κ2) is 9.56. The first-order valence-electron chi connectivity index (χ1n) is 10.5. The number of aryl methyl sites for hydroxylation is 1. The first-order valence-corrected chi connectivity index (χ1v) is 10.5. The maximum Gasteiger partial charge on any atom is 0.419 e. The highest BCUT2D eigenvalue weighted by molar-refractivity contribution is 5.80. The molecule has 166 valence electrons. The van der Waals surface area contributed by atoms with Gasteiger partial charge in [0.05, 0.1) is 17.4 Å². The molecular weight excluding hydrogens is 402 g/mol. The fourth-order valence-electron chi connectivity index (χ4n) is 3.78. The van der Waals surface area contributed by atoms with Gasteiger partial charge in [-0.15, -0.1) is 0 Å². The lowest BCUT2D eigenvalue weighted by Gasteiger charge is -2.42. The molecule has 2 N–H and O–H groups in total. The minimum Gasteiger partial charge on any atom is -0.410 e. The quantitative estimate of drug-likeness (QED) is 0.751. The monoisotopic (exact) mass is 431 g/mol. The van der Waals surface area contributed by atoms with Crippen molar-refractivity contribution in [3.05, 3.63) is 102 Å². The van der Waals surface area contributed by atoms with Crippen molar-refractivity contribution in [3.8, 4) is 5.75 Å². The van der Waals surface area contributed by atoms with Crippen LogP contribution in [0.4, 0.5) is 4.79 Å². The number of amides is 2. The van der Waals surface area contributed by atoms with E-state index in [1.165, 1.54) is 11.8 Å². The average molecular weight is 432 g/mol. The molecule has 1 aromatic carbocycles. The van der Waals surface area contributed by atoms with Gasteiger partial charge in [0.25, 0.3) is 0 Å². The lowest BCUT2D eigenvalue weighted by molar-refractivity contribution is -0.129. The average Bonchev–Trinajstić information content (AvgIpc) is 2.95. The molecule has 6 nitrogen and oxygen atoms in total. The van der Waals surface area contributed by atoms with Gasteiger partial charge in [-0.1, -0.05) is 55.2 Å². The molecular formula is C26H29N3O3. The largest absolute Gasteiger partial charge is 0.419 e. The van der Waals surface area contributed by atoms with E-state index in [0.29, 0.717) is 34.8 Å².